The lowest BCUT2D eigenvalue weighted by atomic mass is 10.2. The van der Waals surface area contributed by atoms with Crippen LogP contribution in [0.3, 0.4) is 0 Å². The number of anilines is 1. The molecule has 1 N–H and O–H groups in total. The highest BCUT2D eigenvalue weighted by atomic mass is 32.2. The van der Waals surface area contributed by atoms with Crippen LogP contribution in [0.15, 0.2) is 47.4 Å². The molecule has 0 unspecified atom stereocenters. The standard InChI is InChI=1S/C20H21N3O8S/c1-14-2-7-17(32(28,29)22-8-10-30-11-9-22)12-18(14)21-19(24)13-31-20(25)15-3-5-16(6-4-15)23(26)27/h2-7,12H,8-11,13H2,1H3,(H,21,24). The van der Waals surface area contributed by atoms with Crippen LogP contribution in [0.1, 0.15) is 15.9 Å². The molecule has 3 rings (SSSR count). The fraction of sp³-hybridized carbons (Fsp3) is 0.300. The van der Waals surface area contributed by atoms with Gasteiger partial charge in [-0.05, 0) is 36.8 Å². The number of nitrogens with one attached hydrogen (secondary N) is 1. The summed E-state index contributed by atoms with van der Waals surface area (Å²) in [5.74, 6) is -1.49. The lowest BCUT2D eigenvalue weighted by Gasteiger charge is -2.26. The van der Waals surface area contributed by atoms with Gasteiger partial charge in [-0.3, -0.25) is 14.9 Å². The molecule has 1 aliphatic rings. The van der Waals surface area contributed by atoms with Crippen LogP contribution in [0, 0.1) is 17.0 Å². The van der Waals surface area contributed by atoms with Crippen molar-refractivity contribution in [3.05, 3.63) is 63.7 Å². The van der Waals surface area contributed by atoms with Crippen LogP contribution in [0.2, 0.25) is 0 Å². The molecule has 1 aliphatic heterocycles. The molecule has 2 aromatic rings. The lowest BCUT2D eigenvalue weighted by Crippen LogP contribution is -2.40. The number of nitrogens with zero attached hydrogens (tertiary/aromatic N) is 2. The second-order valence-electron chi connectivity index (χ2n) is 6.92. The first-order chi connectivity index (χ1) is 15.2. The highest BCUT2D eigenvalue weighted by Crippen LogP contribution is 2.23. The third-order valence-electron chi connectivity index (χ3n) is 4.74. The van der Waals surface area contributed by atoms with Gasteiger partial charge >= 0.3 is 5.97 Å². The number of amides is 1. The Morgan fingerprint density at radius 1 is 1.16 bits per heavy atom. The summed E-state index contributed by atoms with van der Waals surface area (Å²) < 4.78 is 37.1. The number of morpholine rings is 1. The van der Waals surface area contributed by atoms with Crippen LogP contribution in [0.25, 0.3) is 0 Å². The van der Waals surface area contributed by atoms with Gasteiger partial charge in [-0.2, -0.15) is 4.31 Å². The third kappa shape index (κ3) is 5.46. The van der Waals surface area contributed by atoms with E-state index in [0.717, 1.165) is 12.1 Å². The number of esters is 1. The van der Waals surface area contributed by atoms with Gasteiger partial charge in [0.2, 0.25) is 10.0 Å². The maximum absolute atomic E-state index is 12.8. The van der Waals surface area contributed by atoms with Crippen molar-refractivity contribution >= 4 is 33.3 Å². The molecule has 1 fully saturated rings. The number of rotatable bonds is 7. The lowest BCUT2D eigenvalue weighted by molar-refractivity contribution is -0.384. The molecule has 11 nitrogen and oxygen atoms in total. The van der Waals surface area contributed by atoms with Gasteiger partial charge in [0.1, 0.15) is 0 Å². The van der Waals surface area contributed by atoms with E-state index in [1.54, 1.807) is 13.0 Å². The Morgan fingerprint density at radius 2 is 1.81 bits per heavy atom. The molecule has 0 spiro atoms. The second kappa shape index (κ2) is 9.85. The van der Waals surface area contributed by atoms with E-state index in [-0.39, 0.29) is 34.9 Å². The second-order valence-corrected chi connectivity index (χ2v) is 8.86. The topological polar surface area (TPSA) is 145 Å². The number of non-ortho nitro benzene ring substituents is 1. The first-order valence-electron chi connectivity index (χ1n) is 9.58. The van der Waals surface area contributed by atoms with Gasteiger partial charge in [-0.15, -0.1) is 0 Å². The van der Waals surface area contributed by atoms with Crippen molar-refractivity contribution < 1.29 is 32.4 Å². The van der Waals surface area contributed by atoms with Crippen LogP contribution < -0.4 is 5.32 Å². The average molecular weight is 463 g/mol. The quantitative estimate of drug-likeness (QED) is 0.371. The van der Waals surface area contributed by atoms with Crippen molar-refractivity contribution in [3.8, 4) is 0 Å². The minimum absolute atomic E-state index is 0.0307. The summed E-state index contributed by atoms with van der Waals surface area (Å²) in [6.45, 7) is 2.20. The zero-order valence-corrected chi connectivity index (χ0v) is 18.0. The number of ether oxygens (including phenoxy) is 2. The van der Waals surface area contributed by atoms with E-state index < -0.39 is 33.4 Å². The Labute approximate surface area is 184 Å². The number of carbonyl (C=O) groups excluding carboxylic acids is 2. The molecule has 0 aliphatic carbocycles. The molecule has 1 amide bonds. The van der Waals surface area contributed by atoms with E-state index in [9.17, 15) is 28.1 Å². The summed E-state index contributed by atoms with van der Waals surface area (Å²) in [6, 6.07) is 9.15. The number of hydrogen-bond donors (Lipinski definition) is 1. The van der Waals surface area contributed by atoms with E-state index in [4.69, 9.17) is 9.47 Å². The summed E-state index contributed by atoms with van der Waals surface area (Å²) >= 11 is 0. The normalized spacial score (nSPS) is 14.5. The van der Waals surface area contributed by atoms with Crippen molar-refractivity contribution in [1.82, 2.24) is 4.31 Å². The van der Waals surface area contributed by atoms with E-state index in [2.05, 4.69) is 5.32 Å². The van der Waals surface area contributed by atoms with E-state index in [0.29, 0.717) is 18.8 Å². The number of carbonyl (C=O) groups is 2. The van der Waals surface area contributed by atoms with Crippen molar-refractivity contribution in [3.63, 3.8) is 0 Å². The Hall–Kier alpha value is -3.35. The van der Waals surface area contributed by atoms with E-state index in [1.807, 2.05) is 0 Å². The Bertz CT molecular complexity index is 1130. The zero-order chi connectivity index (χ0) is 23.3. The fourth-order valence-electron chi connectivity index (χ4n) is 2.95. The molecule has 1 heterocycles. The largest absolute Gasteiger partial charge is 0.452 e. The van der Waals surface area contributed by atoms with E-state index in [1.165, 1.54) is 28.6 Å². The van der Waals surface area contributed by atoms with Crippen LogP contribution in [-0.4, -0.2) is 62.4 Å². The molecule has 170 valence electrons. The number of hydrogen-bond acceptors (Lipinski definition) is 8. The fourth-order valence-corrected chi connectivity index (χ4v) is 4.39. The molecule has 0 saturated carbocycles. The molecule has 1 saturated heterocycles. The molecule has 0 aromatic heterocycles. The maximum atomic E-state index is 12.8. The first kappa shape index (κ1) is 23.3. The van der Waals surface area contributed by atoms with Gasteiger partial charge in [0.25, 0.3) is 11.6 Å². The summed E-state index contributed by atoms with van der Waals surface area (Å²) in [6.07, 6.45) is 0. The molecule has 0 bridgehead atoms. The summed E-state index contributed by atoms with van der Waals surface area (Å²) in [5, 5.41) is 13.2. The zero-order valence-electron chi connectivity index (χ0n) is 17.1. The summed E-state index contributed by atoms with van der Waals surface area (Å²) in [4.78, 5) is 34.4. The van der Waals surface area contributed by atoms with Crippen molar-refractivity contribution in [2.75, 3.05) is 38.2 Å². The van der Waals surface area contributed by atoms with Crippen LogP contribution in [-0.2, 0) is 24.3 Å². The van der Waals surface area contributed by atoms with Gasteiger partial charge in [0.15, 0.2) is 6.61 Å². The van der Waals surface area contributed by atoms with E-state index >= 15 is 0 Å². The van der Waals surface area contributed by atoms with Crippen LogP contribution in [0.4, 0.5) is 11.4 Å². The number of nitro benzene ring substituents is 1. The van der Waals surface area contributed by atoms with Gasteiger partial charge in [0, 0.05) is 30.9 Å². The van der Waals surface area contributed by atoms with Gasteiger partial charge in [0.05, 0.1) is 28.6 Å². The Morgan fingerprint density at radius 3 is 2.44 bits per heavy atom. The van der Waals surface area contributed by atoms with Gasteiger partial charge in [-0.1, -0.05) is 6.07 Å². The molecule has 12 heteroatoms. The third-order valence-corrected chi connectivity index (χ3v) is 6.63. The minimum atomic E-state index is -3.74. The minimum Gasteiger partial charge on any atom is -0.452 e. The number of sulfonamides is 1. The van der Waals surface area contributed by atoms with Crippen molar-refractivity contribution in [1.29, 1.82) is 0 Å². The summed E-state index contributed by atoms with van der Waals surface area (Å²) in [7, 11) is -3.74. The predicted octanol–water partition coefficient (Wildman–Crippen LogP) is 1.72. The Balaban J connectivity index is 1.64. The number of nitro groups is 1. The number of aryl methyl sites for hydroxylation is 1. The van der Waals surface area contributed by atoms with Crippen molar-refractivity contribution in [2.24, 2.45) is 0 Å². The monoisotopic (exact) mass is 463 g/mol. The SMILES string of the molecule is Cc1ccc(S(=O)(=O)N2CCOCC2)cc1NC(=O)COC(=O)c1ccc([N+](=O)[O-])cc1. The molecule has 0 atom stereocenters. The predicted molar refractivity (Wildman–Crippen MR) is 113 cm³/mol. The number of benzene rings is 2. The molecular formula is C20H21N3O8S. The molecular weight excluding hydrogens is 442 g/mol. The van der Waals surface area contributed by atoms with Crippen LogP contribution in [0.5, 0.6) is 0 Å². The average Bonchev–Trinajstić information content (AvgIpc) is 2.79. The highest BCUT2D eigenvalue weighted by molar-refractivity contribution is 7.89. The van der Waals surface area contributed by atoms with Gasteiger partial charge < -0.3 is 14.8 Å². The smallest absolute Gasteiger partial charge is 0.338 e. The van der Waals surface area contributed by atoms with Crippen LogP contribution >= 0.6 is 0 Å². The Kier molecular flexibility index (Phi) is 7.18. The first-order valence-corrected chi connectivity index (χ1v) is 11.0. The van der Waals surface area contributed by atoms with Crippen molar-refractivity contribution in [2.45, 2.75) is 11.8 Å². The molecule has 2 aromatic carbocycles. The summed E-state index contributed by atoms with van der Waals surface area (Å²) in [5.41, 5.74) is 0.775. The molecule has 0 radical (unpaired) electrons. The molecule has 32 heavy (non-hydrogen) atoms. The van der Waals surface area contributed by atoms with Gasteiger partial charge in [-0.25, -0.2) is 13.2 Å². The maximum Gasteiger partial charge on any atom is 0.338 e. The highest BCUT2D eigenvalue weighted by Gasteiger charge is 2.27.